The molecular weight excluding hydrogens is 260 g/mol. The van der Waals surface area contributed by atoms with Crippen molar-refractivity contribution in [1.82, 2.24) is 0 Å². The molecule has 0 aromatic rings. The molecule has 0 atom stereocenters. The number of allylic oxidation sites excluding steroid dienone is 2. The van der Waals surface area contributed by atoms with Crippen molar-refractivity contribution in [3.63, 3.8) is 0 Å². The van der Waals surface area contributed by atoms with E-state index >= 15 is 0 Å². The van der Waals surface area contributed by atoms with Crippen LogP contribution in [0, 0.1) is 0 Å². The molecule has 106 valence electrons. The third-order valence-corrected chi connectivity index (χ3v) is 2.34. The van der Waals surface area contributed by atoms with Crippen LogP contribution in [0.25, 0.3) is 0 Å². The summed E-state index contributed by atoms with van der Waals surface area (Å²) in [7, 11) is 0.716. The van der Waals surface area contributed by atoms with E-state index in [9.17, 15) is 26.3 Å². The molecule has 0 rings (SSSR count). The molecule has 0 aliphatic rings. The van der Waals surface area contributed by atoms with E-state index in [0.717, 1.165) is 0 Å². The minimum atomic E-state index is -5.10. The highest BCUT2D eigenvalue weighted by Crippen LogP contribution is 2.37. The minimum Gasteiger partial charge on any atom is -0.283 e. The van der Waals surface area contributed by atoms with E-state index in [1.807, 2.05) is 0 Å². The van der Waals surface area contributed by atoms with E-state index in [-0.39, 0.29) is 18.4 Å². The highest BCUT2D eigenvalue weighted by atomic mass is 19.4. The maximum Gasteiger partial charge on any atom is 0.433 e. The van der Waals surface area contributed by atoms with Crippen molar-refractivity contribution in [1.29, 1.82) is 0 Å². The number of halogens is 6. The summed E-state index contributed by atoms with van der Waals surface area (Å²) in [5, 5.41) is 0. The van der Waals surface area contributed by atoms with Gasteiger partial charge in [-0.1, -0.05) is 25.8 Å². The van der Waals surface area contributed by atoms with Gasteiger partial charge in [0.15, 0.2) is 5.71 Å². The van der Waals surface area contributed by atoms with Crippen LogP contribution in [-0.2, 0) is 0 Å². The zero-order valence-electron chi connectivity index (χ0n) is 10.3. The van der Waals surface area contributed by atoms with Gasteiger partial charge in [0, 0.05) is 7.05 Å². The molecule has 1 nitrogen and oxygen atoms in total. The van der Waals surface area contributed by atoms with E-state index in [1.165, 1.54) is 6.92 Å². The van der Waals surface area contributed by atoms with Crippen LogP contribution in [0.4, 0.5) is 26.3 Å². The summed E-state index contributed by atoms with van der Waals surface area (Å²) in [5.41, 5.74) is -3.75. The van der Waals surface area contributed by atoms with E-state index in [2.05, 4.69) is 4.99 Å². The van der Waals surface area contributed by atoms with Gasteiger partial charge in [0.25, 0.3) is 0 Å². The van der Waals surface area contributed by atoms with Crippen molar-refractivity contribution in [2.24, 2.45) is 4.99 Å². The van der Waals surface area contributed by atoms with Crippen LogP contribution in [0.5, 0.6) is 0 Å². The summed E-state index contributed by atoms with van der Waals surface area (Å²) >= 11 is 0. The molecule has 0 fully saturated rings. The van der Waals surface area contributed by atoms with E-state index in [1.54, 1.807) is 6.92 Å². The number of rotatable bonds is 4. The first-order valence-electron chi connectivity index (χ1n) is 5.43. The Labute approximate surface area is 102 Å². The second kappa shape index (κ2) is 6.24. The fourth-order valence-corrected chi connectivity index (χ4v) is 1.66. The molecular formula is C11H15F6N. The first-order valence-corrected chi connectivity index (χ1v) is 5.43. The monoisotopic (exact) mass is 275 g/mol. The lowest BCUT2D eigenvalue weighted by Gasteiger charge is -2.20. The quantitative estimate of drug-likeness (QED) is 0.521. The minimum absolute atomic E-state index is 0.0273. The number of hydrogen-bond acceptors (Lipinski definition) is 1. The normalized spacial score (nSPS) is 15.7. The van der Waals surface area contributed by atoms with Crippen molar-refractivity contribution in [3.05, 3.63) is 11.1 Å². The number of aliphatic imine (C=N–C) groups is 1. The molecule has 0 heterocycles. The second-order valence-electron chi connectivity index (χ2n) is 3.65. The number of alkyl halides is 6. The first-order chi connectivity index (χ1) is 8.09. The van der Waals surface area contributed by atoms with Crippen LogP contribution in [0.3, 0.4) is 0 Å². The summed E-state index contributed by atoms with van der Waals surface area (Å²) < 4.78 is 76.1. The van der Waals surface area contributed by atoms with Crippen LogP contribution < -0.4 is 0 Å². The Morgan fingerprint density at radius 1 is 0.944 bits per heavy atom. The fraction of sp³-hybridized carbons (Fsp3) is 0.727. The number of hydrogen-bond donors (Lipinski definition) is 0. The Morgan fingerprint density at radius 3 is 1.67 bits per heavy atom. The maximum absolute atomic E-state index is 12.8. The van der Waals surface area contributed by atoms with Gasteiger partial charge in [-0.05, 0) is 12.8 Å². The third kappa shape index (κ3) is 4.34. The molecule has 0 bridgehead atoms. The maximum atomic E-state index is 12.8. The molecule has 0 unspecified atom stereocenters. The first kappa shape index (κ1) is 17.0. The Hall–Kier alpha value is -1.01. The van der Waals surface area contributed by atoms with Gasteiger partial charge < -0.3 is 0 Å². The van der Waals surface area contributed by atoms with Crippen LogP contribution in [0.2, 0.25) is 0 Å². The summed E-state index contributed by atoms with van der Waals surface area (Å²) in [4.78, 5) is 2.79. The van der Waals surface area contributed by atoms with Crippen molar-refractivity contribution >= 4 is 5.71 Å². The SMILES string of the molecule is CCC/C(CC)=C(\C(=NC)C(F)(F)F)C(F)(F)F. The lowest BCUT2D eigenvalue weighted by atomic mass is 9.96. The third-order valence-electron chi connectivity index (χ3n) is 2.34. The van der Waals surface area contributed by atoms with Crippen molar-refractivity contribution in [2.45, 2.75) is 45.5 Å². The fourth-order valence-electron chi connectivity index (χ4n) is 1.66. The zero-order valence-corrected chi connectivity index (χ0v) is 10.3. The average molecular weight is 275 g/mol. The van der Waals surface area contributed by atoms with Crippen molar-refractivity contribution < 1.29 is 26.3 Å². The molecule has 0 saturated carbocycles. The molecule has 0 aliphatic heterocycles. The zero-order chi connectivity index (χ0) is 14.6. The topological polar surface area (TPSA) is 12.4 Å². The van der Waals surface area contributed by atoms with E-state index < -0.39 is 23.6 Å². The standard InChI is InChI=1S/C11H15F6N/c1-4-6-7(5-2)8(10(12,13)14)9(18-3)11(15,16)17/h4-6H2,1-3H3/b8-7+,18-9?. The smallest absolute Gasteiger partial charge is 0.283 e. The lowest BCUT2D eigenvalue weighted by molar-refractivity contribution is -0.0975. The van der Waals surface area contributed by atoms with Crippen molar-refractivity contribution in [3.8, 4) is 0 Å². The van der Waals surface area contributed by atoms with Gasteiger partial charge in [-0.25, -0.2) is 0 Å². The molecule has 0 spiro atoms. The second-order valence-corrected chi connectivity index (χ2v) is 3.65. The molecule has 0 amide bonds. The van der Waals surface area contributed by atoms with Crippen LogP contribution in [0.15, 0.2) is 16.1 Å². The molecule has 0 aromatic heterocycles. The Morgan fingerprint density at radius 2 is 1.44 bits per heavy atom. The largest absolute Gasteiger partial charge is 0.433 e. The highest BCUT2D eigenvalue weighted by molar-refractivity contribution is 6.05. The van der Waals surface area contributed by atoms with E-state index in [0.29, 0.717) is 13.5 Å². The predicted octanol–water partition coefficient (Wildman–Crippen LogP) is 4.69. The highest BCUT2D eigenvalue weighted by Gasteiger charge is 2.48. The summed E-state index contributed by atoms with van der Waals surface area (Å²) in [5.74, 6) is 0. The average Bonchev–Trinajstić information content (AvgIpc) is 2.19. The summed E-state index contributed by atoms with van der Waals surface area (Å²) in [6.45, 7) is 3.01. The van der Waals surface area contributed by atoms with Gasteiger partial charge in [0.2, 0.25) is 0 Å². The molecule has 0 radical (unpaired) electrons. The van der Waals surface area contributed by atoms with Crippen LogP contribution in [-0.4, -0.2) is 25.1 Å². The summed E-state index contributed by atoms with van der Waals surface area (Å²) in [6.07, 6.45) is -9.92. The van der Waals surface area contributed by atoms with Crippen LogP contribution in [0.1, 0.15) is 33.1 Å². The predicted molar refractivity (Wildman–Crippen MR) is 57.7 cm³/mol. The van der Waals surface area contributed by atoms with Crippen molar-refractivity contribution in [2.75, 3.05) is 7.05 Å². The molecule has 0 aliphatic carbocycles. The lowest BCUT2D eigenvalue weighted by Crippen LogP contribution is -2.33. The van der Waals surface area contributed by atoms with Gasteiger partial charge in [0.1, 0.15) is 0 Å². The van der Waals surface area contributed by atoms with Gasteiger partial charge in [-0.15, -0.1) is 0 Å². The molecule has 0 aromatic carbocycles. The van der Waals surface area contributed by atoms with Gasteiger partial charge in [-0.3, -0.25) is 4.99 Å². The Balaban J connectivity index is 5.94. The molecule has 0 N–H and O–H groups in total. The molecule has 18 heavy (non-hydrogen) atoms. The number of nitrogens with zero attached hydrogens (tertiary/aromatic N) is 1. The van der Waals surface area contributed by atoms with Crippen LogP contribution >= 0.6 is 0 Å². The Bertz CT molecular complexity index is 334. The van der Waals surface area contributed by atoms with Gasteiger partial charge >= 0.3 is 12.4 Å². The molecule has 7 heteroatoms. The van der Waals surface area contributed by atoms with Gasteiger partial charge in [-0.2, -0.15) is 26.3 Å². The van der Waals surface area contributed by atoms with Gasteiger partial charge in [0.05, 0.1) is 5.57 Å². The van der Waals surface area contributed by atoms with E-state index in [4.69, 9.17) is 0 Å². The Kier molecular flexibility index (Phi) is 5.89. The summed E-state index contributed by atoms with van der Waals surface area (Å²) in [6, 6.07) is 0. The molecule has 0 saturated heterocycles.